The van der Waals surface area contributed by atoms with Gasteiger partial charge in [0.1, 0.15) is 5.75 Å². The number of rotatable bonds is 6. The van der Waals surface area contributed by atoms with Crippen LogP contribution >= 0.6 is 0 Å². The molecule has 1 aromatic rings. The number of hydrogen-bond acceptors (Lipinski definition) is 3. The molecular weight excluding hydrogens is 266 g/mol. The molecule has 1 aliphatic rings. The highest BCUT2D eigenvalue weighted by Crippen LogP contribution is 2.17. The lowest BCUT2D eigenvalue weighted by molar-refractivity contribution is -0.121. The van der Waals surface area contributed by atoms with Gasteiger partial charge in [0.15, 0.2) is 5.78 Å². The molecule has 1 fully saturated rings. The van der Waals surface area contributed by atoms with Crippen LogP contribution in [0.5, 0.6) is 5.75 Å². The Morgan fingerprint density at radius 2 is 2.05 bits per heavy atom. The van der Waals surface area contributed by atoms with Crippen LogP contribution in [0.3, 0.4) is 0 Å². The number of ether oxygens (including phenoxy) is 1. The van der Waals surface area contributed by atoms with Crippen molar-refractivity contribution in [3.8, 4) is 5.75 Å². The second-order valence-electron chi connectivity index (χ2n) is 5.46. The summed E-state index contributed by atoms with van der Waals surface area (Å²) in [5.74, 6) is 0.751. The summed E-state index contributed by atoms with van der Waals surface area (Å²) in [7, 11) is 0. The van der Waals surface area contributed by atoms with Gasteiger partial charge in [-0.2, -0.15) is 0 Å². The fourth-order valence-electron chi connectivity index (χ4n) is 2.42. The van der Waals surface area contributed by atoms with Crippen molar-refractivity contribution in [3.05, 3.63) is 29.8 Å². The monoisotopic (exact) mass is 289 g/mol. The van der Waals surface area contributed by atoms with Crippen molar-refractivity contribution in [2.45, 2.75) is 51.5 Å². The van der Waals surface area contributed by atoms with Crippen LogP contribution in [0.1, 0.15) is 55.8 Å². The lowest BCUT2D eigenvalue weighted by Gasteiger charge is -2.14. The number of carbonyl (C=O) groups excluding carboxylic acids is 2. The van der Waals surface area contributed by atoms with Crippen molar-refractivity contribution in [1.82, 2.24) is 5.32 Å². The minimum atomic E-state index is -0.383. The molecule has 0 spiro atoms. The standard InChI is InChI=1S/C17H23NO3/c1-2-3-12-21-14-10-8-13(9-11-14)17(20)15-6-4-5-7-16(19)18-15/h8-11,15H,2-7,12H2,1H3,(H,18,19). The molecule has 1 amide bonds. The average Bonchev–Trinajstić information content (AvgIpc) is 2.72. The molecule has 1 unspecified atom stereocenters. The van der Waals surface area contributed by atoms with Crippen molar-refractivity contribution < 1.29 is 14.3 Å². The van der Waals surface area contributed by atoms with E-state index in [2.05, 4.69) is 12.2 Å². The Hall–Kier alpha value is -1.84. The van der Waals surface area contributed by atoms with E-state index in [1.54, 1.807) is 12.1 Å². The molecule has 1 atom stereocenters. The second kappa shape index (κ2) is 7.81. The number of carbonyl (C=O) groups is 2. The molecule has 114 valence electrons. The van der Waals surface area contributed by atoms with Gasteiger partial charge in [-0.3, -0.25) is 9.59 Å². The van der Waals surface area contributed by atoms with Gasteiger partial charge in [-0.25, -0.2) is 0 Å². The predicted octanol–water partition coefficient (Wildman–Crippen LogP) is 3.11. The normalized spacial score (nSPS) is 18.7. The molecule has 4 nitrogen and oxygen atoms in total. The third-order valence-corrected chi connectivity index (χ3v) is 3.70. The van der Waals surface area contributed by atoms with Gasteiger partial charge in [0.25, 0.3) is 0 Å². The topological polar surface area (TPSA) is 55.4 Å². The quantitative estimate of drug-likeness (QED) is 0.646. The first-order chi connectivity index (χ1) is 10.2. The lowest BCUT2D eigenvalue weighted by Crippen LogP contribution is -2.39. The maximum Gasteiger partial charge on any atom is 0.220 e. The van der Waals surface area contributed by atoms with Gasteiger partial charge in [0.2, 0.25) is 5.91 Å². The summed E-state index contributed by atoms with van der Waals surface area (Å²) in [6.45, 7) is 2.81. The SMILES string of the molecule is CCCCOc1ccc(C(=O)C2CCCCC(=O)N2)cc1. The third-order valence-electron chi connectivity index (χ3n) is 3.70. The first kappa shape index (κ1) is 15.5. The van der Waals surface area contributed by atoms with Crippen molar-refractivity contribution in [2.24, 2.45) is 0 Å². The van der Waals surface area contributed by atoms with Crippen LogP contribution in [-0.2, 0) is 4.79 Å². The number of ketones is 1. The summed E-state index contributed by atoms with van der Waals surface area (Å²) >= 11 is 0. The van der Waals surface area contributed by atoms with Crippen molar-refractivity contribution >= 4 is 11.7 Å². The van der Waals surface area contributed by atoms with Crippen LogP contribution in [0.4, 0.5) is 0 Å². The fourth-order valence-corrected chi connectivity index (χ4v) is 2.42. The van der Waals surface area contributed by atoms with E-state index in [0.29, 0.717) is 18.6 Å². The van der Waals surface area contributed by atoms with Gasteiger partial charge in [-0.05, 0) is 43.5 Å². The number of Topliss-reactive ketones (excluding diaryl/α,β-unsaturated/α-hetero) is 1. The molecule has 0 saturated carbocycles. The second-order valence-corrected chi connectivity index (χ2v) is 5.46. The first-order valence-electron chi connectivity index (χ1n) is 7.77. The Balaban J connectivity index is 1.97. The predicted molar refractivity (Wildman–Crippen MR) is 81.6 cm³/mol. The van der Waals surface area contributed by atoms with Crippen LogP contribution in [-0.4, -0.2) is 24.3 Å². The Kier molecular flexibility index (Phi) is 5.78. The molecule has 4 heteroatoms. The Bertz CT molecular complexity index is 481. The molecule has 0 aromatic heterocycles. The van der Waals surface area contributed by atoms with E-state index in [4.69, 9.17) is 4.74 Å². The summed E-state index contributed by atoms with van der Waals surface area (Å²) in [4.78, 5) is 24.0. The Morgan fingerprint density at radius 1 is 1.29 bits per heavy atom. The zero-order chi connectivity index (χ0) is 15.1. The summed E-state index contributed by atoms with van der Waals surface area (Å²) in [6, 6.07) is 6.82. The molecule has 0 bridgehead atoms. The van der Waals surface area contributed by atoms with Crippen molar-refractivity contribution in [2.75, 3.05) is 6.61 Å². The maximum absolute atomic E-state index is 12.4. The molecular formula is C17H23NO3. The number of amides is 1. The highest BCUT2D eigenvalue weighted by atomic mass is 16.5. The van der Waals surface area contributed by atoms with Gasteiger partial charge < -0.3 is 10.1 Å². The molecule has 1 N–H and O–H groups in total. The molecule has 1 aliphatic heterocycles. The largest absolute Gasteiger partial charge is 0.494 e. The van der Waals surface area contributed by atoms with Crippen molar-refractivity contribution in [3.63, 3.8) is 0 Å². The number of unbranched alkanes of at least 4 members (excludes halogenated alkanes) is 1. The van der Waals surface area contributed by atoms with Gasteiger partial charge in [0, 0.05) is 12.0 Å². The highest BCUT2D eigenvalue weighted by Gasteiger charge is 2.23. The lowest BCUT2D eigenvalue weighted by atomic mass is 10.0. The van der Waals surface area contributed by atoms with Gasteiger partial charge in [-0.1, -0.05) is 19.8 Å². The van der Waals surface area contributed by atoms with Crippen LogP contribution < -0.4 is 10.1 Å². The van der Waals surface area contributed by atoms with Gasteiger partial charge in [0.05, 0.1) is 12.6 Å². The highest BCUT2D eigenvalue weighted by molar-refractivity contribution is 6.02. The summed E-state index contributed by atoms with van der Waals surface area (Å²) in [6.07, 6.45) is 5.13. The van der Waals surface area contributed by atoms with Gasteiger partial charge >= 0.3 is 0 Å². The molecule has 0 aliphatic carbocycles. The van der Waals surface area contributed by atoms with E-state index in [-0.39, 0.29) is 17.7 Å². The number of hydrogen-bond donors (Lipinski definition) is 1. The smallest absolute Gasteiger partial charge is 0.220 e. The minimum absolute atomic E-state index is 0.00893. The summed E-state index contributed by atoms with van der Waals surface area (Å²) < 4.78 is 5.58. The summed E-state index contributed by atoms with van der Waals surface area (Å²) in [5.41, 5.74) is 0.630. The first-order valence-corrected chi connectivity index (χ1v) is 7.77. The molecule has 21 heavy (non-hydrogen) atoms. The zero-order valence-corrected chi connectivity index (χ0v) is 12.6. The van der Waals surface area contributed by atoms with E-state index in [0.717, 1.165) is 37.9 Å². The Morgan fingerprint density at radius 3 is 2.76 bits per heavy atom. The van der Waals surface area contributed by atoms with Gasteiger partial charge in [-0.15, -0.1) is 0 Å². The Labute approximate surface area is 125 Å². The van der Waals surface area contributed by atoms with Crippen LogP contribution in [0.15, 0.2) is 24.3 Å². The van der Waals surface area contributed by atoms with Crippen molar-refractivity contribution in [1.29, 1.82) is 0 Å². The van der Waals surface area contributed by atoms with Crippen LogP contribution in [0.2, 0.25) is 0 Å². The van der Waals surface area contributed by atoms with Crippen LogP contribution in [0.25, 0.3) is 0 Å². The maximum atomic E-state index is 12.4. The molecule has 1 aromatic carbocycles. The number of nitrogens with one attached hydrogen (secondary N) is 1. The third kappa shape index (κ3) is 4.59. The van der Waals surface area contributed by atoms with E-state index in [1.807, 2.05) is 12.1 Å². The van der Waals surface area contributed by atoms with E-state index in [9.17, 15) is 9.59 Å². The average molecular weight is 289 g/mol. The van der Waals surface area contributed by atoms with Crippen LogP contribution in [0, 0.1) is 0 Å². The minimum Gasteiger partial charge on any atom is -0.494 e. The van der Waals surface area contributed by atoms with E-state index >= 15 is 0 Å². The fraction of sp³-hybridized carbons (Fsp3) is 0.529. The molecule has 2 rings (SSSR count). The van der Waals surface area contributed by atoms with E-state index < -0.39 is 0 Å². The molecule has 0 radical (unpaired) electrons. The molecule has 1 heterocycles. The molecule has 1 saturated heterocycles. The van der Waals surface area contributed by atoms with E-state index in [1.165, 1.54) is 0 Å². The number of benzene rings is 1. The zero-order valence-electron chi connectivity index (χ0n) is 12.6. The summed E-state index contributed by atoms with van der Waals surface area (Å²) in [5, 5.41) is 2.81.